The van der Waals surface area contributed by atoms with Gasteiger partial charge < -0.3 is 8.98 Å². The molecule has 0 N–H and O–H groups in total. The molecule has 0 fully saturated rings. The molecule has 0 atom stereocenters. The highest BCUT2D eigenvalue weighted by Crippen LogP contribution is 2.42. The highest BCUT2D eigenvalue weighted by molar-refractivity contribution is 6.14. The van der Waals surface area contributed by atoms with Gasteiger partial charge in [0.15, 0.2) is 5.82 Å². The van der Waals surface area contributed by atoms with Gasteiger partial charge in [-0.25, -0.2) is 9.97 Å². The van der Waals surface area contributed by atoms with Crippen LogP contribution in [0.1, 0.15) is 0 Å². The minimum absolute atomic E-state index is 0.653. The van der Waals surface area contributed by atoms with Crippen molar-refractivity contribution in [3.63, 3.8) is 0 Å². The number of hydrogen-bond donors (Lipinski definition) is 0. The standard InChI is InChI=1S/C58H37N3O/c1-4-17-38(18-5-1)44-35-45(39-19-6-2-7-20-39)37-46(36-44)42-23-14-21-40(33-42)41-22-15-24-43(34-41)55-57-56(48-27-10-12-30-51(48)61(57)47-25-8-3-9-26-47)60-58(59-55)50-29-16-32-53-54(50)49-28-11-13-31-52(49)62-53/h1-37H. The molecular weight excluding hydrogens is 755 g/mol. The third kappa shape index (κ3) is 6.08. The van der Waals surface area contributed by atoms with E-state index in [1.54, 1.807) is 0 Å². The van der Waals surface area contributed by atoms with Crippen molar-refractivity contribution in [1.29, 1.82) is 0 Å². The first kappa shape index (κ1) is 35.6. The summed E-state index contributed by atoms with van der Waals surface area (Å²) in [6.07, 6.45) is 0. The molecule has 0 amide bonds. The Hall–Kier alpha value is -8.34. The first-order valence-electron chi connectivity index (χ1n) is 21.0. The highest BCUT2D eigenvalue weighted by Gasteiger charge is 2.23. The van der Waals surface area contributed by atoms with Crippen LogP contribution in [0, 0.1) is 0 Å². The van der Waals surface area contributed by atoms with E-state index in [9.17, 15) is 0 Å². The molecule has 4 nitrogen and oxygen atoms in total. The van der Waals surface area contributed by atoms with Gasteiger partial charge in [-0.15, -0.1) is 0 Å². The average Bonchev–Trinajstić information content (AvgIpc) is 3.91. The maximum atomic E-state index is 6.35. The quantitative estimate of drug-likeness (QED) is 0.161. The minimum Gasteiger partial charge on any atom is -0.456 e. The van der Waals surface area contributed by atoms with Gasteiger partial charge in [-0.1, -0.05) is 164 Å². The zero-order chi connectivity index (χ0) is 41.0. The molecule has 9 aromatic carbocycles. The highest BCUT2D eigenvalue weighted by atomic mass is 16.3. The Balaban J connectivity index is 1.06. The van der Waals surface area contributed by atoms with Gasteiger partial charge in [0.1, 0.15) is 16.7 Å². The number of hydrogen-bond acceptors (Lipinski definition) is 3. The first-order valence-corrected chi connectivity index (χ1v) is 21.0. The molecule has 0 bridgehead atoms. The van der Waals surface area contributed by atoms with Crippen LogP contribution in [0.2, 0.25) is 0 Å². The summed E-state index contributed by atoms with van der Waals surface area (Å²) in [7, 11) is 0. The Morgan fingerprint density at radius 1 is 0.355 bits per heavy atom. The van der Waals surface area contributed by atoms with E-state index in [1.165, 1.54) is 27.8 Å². The van der Waals surface area contributed by atoms with Crippen LogP contribution in [-0.2, 0) is 0 Å². The van der Waals surface area contributed by atoms with Crippen LogP contribution in [0.4, 0.5) is 0 Å². The Morgan fingerprint density at radius 2 is 0.839 bits per heavy atom. The number of rotatable bonds is 7. The number of benzene rings is 9. The Labute approximate surface area is 358 Å². The molecule has 3 aromatic heterocycles. The Kier molecular flexibility index (Phi) is 8.46. The van der Waals surface area contributed by atoms with Gasteiger partial charge in [0.25, 0.3) is 0 Å². The fourth-order valence-corrected chi connectivity index (χ4v) is 9.08. The molecule has 12 rings (SSSR count). The van der Waals surface area contributed by atoms with Gasteiger partial charge in [-0.05, 0) is 105 Å². The van der Waals surface area contributed by atoms with Gasteiger partial charge in [-0.2, -0.15) is 0 Å². The lowest BCUT2D eigenvalue weighted by molar-refractivity contribution is 0.669. The van der Waals surface area contributed by atoms with Crippen LogP contribution in [0.5, 0.6) is 0 Å². The summed E-state index contributed by atoms with van der Waals surface area (Å²) in [4.78, 5) is 11.0. The molecule has 3 heterocycles. The van der Waals surface area contributed by atoms with E-state index in [4.69, 9.17) is 14.4 Å². The number of nitrogens with zero attached hydrogens (tertiary/aromatic N) is 3. The van der Waals surface area contributed by atoms with Crippen LogP contribution in [-0.4, -0.2) is 14.5 Å². The van der Waals surface area contributed by atoms with Crippen LogP contribution in [0.3, 0.4) is 0 Å². The Bertz CT molecular complexity index is 3570. The van der Waals surface area contributed by atoms with E-state index in [1.807, 2.05) is 24.3 Å². The maximum absolute atomic E-state index is 6.35. The van der Waals surface area contributed by atoms with Crippen LogP contribution in [0.15, 0.2) is 229 Å². The fourth-order valence-electron chi connectivity index (χ4n) is 9.08. The molecule has 0 saturated carbocycles. The van der Waals surface area contributed by atoms with Crippen LogP contribution < -0.4 is 0 Å². The van der Waals surface area contributed by atoms with Crippen molar-refractivity contribution < 1.29 is 4.42 Å². The summed E-state index contributed by atoms with van der Waals surface area (Å²) < 4.78 is 8.67. The SMILES string of the molecule is c1ccc(-c2cc(-c3ccccc3)cc(-c3cccc(-c4cccc(-c5nc(-c6cccc7oc8ccccc8c67)nc6c7ccccc7n(-c7ccccc7)c56)c4)c3)c2)cc1. The molecule has 12 aromatic rings. The van der Waals surface area contributed by atoms with Crippen molar-refractivity contribution in [2.24, 2.45) is 0 Å². The van der Waals surface area contributed by atoms with E-state index in [-0.39, 0.29) is 0 Å². The molecule has 0 unspecified atom stereocenters. The lowest BCUT2D eigenvalue weighted by atomic mass is 9.92. The van der Waals surface area contributed by atoms with Crippen LogP contribution in [0.25, 0.3) is 117 Å². The monoisotopic (exact) mass is 791 g/mol. The maximum Gasteiger partial charge on any atom is 0.161 e. The van der Waals surface area contributed by atoms with Gasteiger partial charge in [0.2, 0.25) is 0 Å². The van der Waals surface area contributed by atoms with Crippen LogP contribution >= 0.6 is 0 Å². The van der Waals surface area contributed by atoms with E-state index in [2.05, 4.69) is 205 Å². The van der Waals surface area contributed by atoms with Crippen molar-refractivity contribution in [2.75, 3.05) is 0 Å². The molecule has 4 heteroatoms. The molecule has 290 valence electrons. The lowest BCUT2D eigenvalue weighted by Crippen LogP contribution is -2.00. The second kappa shape index (κ2) is 14.7. The molecule has 0 aliphatic carbocycles. The Morgan fingerprint density at radius 3 is 1.53 bits per heavy atom. The predicted molar refractivity (Wildman–Crippen MR) is 256 cm³/mol. The number of fused-ring (bicyclic) bond motifs is 6. The van der Waals surface area contributed by atoms with Gasteiger partial charge in [-0.3, -0.25) is 0 Å². The zero-order valence-electron chi connectivity index (χ0n) is 33.6. The predicted octanol–water partition coefficient (Wildman–Crippen LogP) is 15.5. The first-order chi connectivity index (χ1) is 30.7. The summed E-state index contributed by atoms with van der Waals surface area (Å²) in [6.45, 7) is 0. The number of aromatic nitrogens is 3. The van der Waals surface area contributed by atoms with Gasteiger partial charge in [0.05, 0.1) is 16.7 Å². The van der Waals surface area contributed by atoms with Crippen molar-refractivity contribution in [2.45, 2.75) is 0 Å². The summed E-state index contributed by atoms with van der Waals surface area (Å²) in [5.41, 5.74) is 17.7. The van der Waals surface area contributed by atoms with E-state index < -0.39 is 0 Å². The van der Waals surface area contributed by atoms with Gasteiger partial charge >= 0.3 is 0 Å². The summed E-state index contributed by atoms with van der Waals surface area (Å²) in [6, 6.07) is 79.3. The molecule has 0 spiro atoms. The number of para-hydroxylation sites is 3. The largest absolute Gasteiger partial charge is 0.456 e. The van der Waals surface area contributed by atoms with E-state index in [0.29, 0.717) is 5.82 Å². The number of furan rings is 1. The molecule has 62 heavy (non-hydrogen) atoms. The van der Waals surface area contributed by atoms with Crippen molar-refractivity contribution >= 4 is 43.9 Å². The zero-order valence-corrected chi connectivity index (χ0v) is 33.6. The molecule has 0 saturated heterocycles. The topological polar surface area (TPSA) is 43.9 Å². The van der Waals surface area contributed by atoms with Crippen molar-refractivity contribution in [3.05, 3.63) is 224 Å². The van der Waals surface area contributed by atoms with Crippen molar-refractivity contribution in [1.82, 2.24) is 14.5 Å². The summed E-state index contributed by atoms with van der Waals surface area (Å²) in [5, 5.41) is 3.12. The normalized spacial score (nSPS) is 11.5. The smallest absolute Gasteiger partial charge is 0.161 e. The molecule has 0 aliphatic heterocycles. The third-order valence-electron chi connectivity index (χ3n) is 12.0. The van der Waals surface area contributed by atoms with E-state index >= 15 is 0 Å². The molecular formula is C58H37N3O. The lowest BCUT2D eigenvalue weighted by Gasteiger charge is -2.14. The molecule has 0 aliphatic rings. The van der Waals surface area contributed by atoms with Crippen molar-refractivity contribution in [3.8, 4) is 72.8 Å². The minimum atomic E-state index is 0.653. The second-order valence-electron chi connectivity index (χ2n) is 15.8. The van der Waals surface area contributed by atoms with Gasteiger partial charge in [0, 0.05) is 33.0 Å². The fraction of sp³-hybridized carbons (Fsp3) is 0. The molecule has 0 radical (unpaired) electrons. The van der Waals surface area contributed by atoms with E-state index in [0.717, 1.165) is 83.1 Å². The second-order valence-corrected chi connectivity index (χ2v) is 15.8. The summed E-state index contributed by atoms with van der Waals surface area (Å²) in [5.74, 6) is 0.653. The summed E-state index contributed by atoms with van der Waals surface area (Å²) >= 11 is 0. The third-order valence-corrected chi connectivity index (χ3v) is 12.0. The average molecular weight is 792 g/mol.